The van der Waals surface area contributed by atoms with Gasteiger partial charge < -0.3 is 36.8 Å². The van der Waals surface area contributed by atoms with Gasteiger partial charge in [-0.1, -0.05) is 6.42 Å². The number of thioether (sulfide) groups is 2. The van der Waals surface area contributed by atoms with Gasteiger partial charge in [-0.2, -0.15) is 0 Å². The number of ether oxygens (including phenoxy) is 3. The summed E-state index contributed by atoms with van der Waals surface area (Å²) in [5.41, 5.74) is 0. The van der Waals surface area contributed by atoms with Gasteiger partial charge in [0.25, 0.3) is 0 Å². The standard InChI is InChI=1S/C28H37NO13S2/c1-17-20(41-24(32)39-17)14-37-26(34)43-16-19(23(31)36-12-8-11-29-9-6-5-7-10-29)13-22(30)28(3,4)44-27(35)38-15-21-18(2)40-25(33)42-21/h19H,5-16H2,1-4H3/t19-/m0/s1. The zero-order valence-corrected chi connectivity index (χ0v) is 26.8. The number of ketones is 1. The van der Waals surface area contributed by atoms with Gasteiger partial charge in [0, 0.05) is 18.7 Å². The van der Waals surface area contributed by atoms with Gasteiger partial charge >= 0.3 is 28.2 Å². The quantitative estimate of drug-likeness (QED) is 0.146. The van der Waals surface area contributed by atoms with Crippen LogP contribution in [0.25, 0.3) is 0 Å². The number of aryl methyl sites for hydroxylation is 2. The molecule has 0 N–H and O–H groups in total. The van der Waals surface area contributed by atoms with E-state index >= 15 is 0 Å². The SMILES string of the molecule is Cc1oc(=O)oc1COC(=O)SC[C@H](CC(=O)C(C)(C)SC(=O)OCc1oc(=O)oc1C)C(=O)OCCCN1CCCCC1. The third-order valence-electron chi connectivity index (χ3n) is 6.80. The Labute approximate surface area is 261 Å². The number of piperidine rings is 1. The Morgan fingerprint density at radius 1 is 0.841 bits per heavy atom. The van der Waals surface area contributed by atoms with Gasteiger partial charge in [-0.05, 0) is 83.6 Å². The summed E-state index contributed by atoms with van der Waals surface area (Å²) in [7, 11) is 0. The molecule has 1 fully saturated rings. The van der Waals surface area contributed by atoms with E-state index in [1.165, 1.54) is 34.1 Å². The number of esters is 1. The molecular weight excluding hydrogens is 622 g/mol. The molecule has 44 heavy (non-hydrogen) atoms. The van der Waals surface area contributed by atoms with Crippen molar-refractivity contribution in [2.75, 3.05) is 32.0 Å². The summed E-state index contributed by atoms with van der Waals surface area (Å²) in [5.74, 6) is -3.65. The second-order valence-electron chi connectivity index (χ2n) is 10.6. The summed E-state index contributed by atoms with van der Waals surface area (Å²) in [6, 6.07) is 0. The average Bonchev–Trinajstić information content (AvgIpc) is 3.48. The smallest absolute Gasteiger partial charge is 0.465 e. The number of carbonyl (C=O) groups excluding carboxylic acids is 4. The third kappa shape index (κ3) is 11.4. The number of rotatable bonds is 15. The van der Waals surface area contributed by atoms with E-state index in [9.17, 15) is 28.8 Å². The number of hydrogen-bond donors (Lipinski definition) is 0. The van der Waals surface area contributed by atoms with Crippen LogP contribution in [0, 0.1) is 19.8 Å². The lowest BCUT2D eigenvalue weighted by atomic mass is 9.97. The lowest BCUT2D eigenvalue weighted by Crippen LogP contribution is -2.35. The first-order valence-electron chi connectivity index (χ1n) is 14.1. The molecule has 0 bridgehead atoms. The summed E-state index contributed by atoms with van der Waals surface area (Å²) in [4.78, 5) is 75.9. The van der Waals surface area contributed by atoms with Gasteiger partial charge in [-0.15, -0.1) is 0 Å². The molecule has 0 spiro atoms. The molecule has 16 heteroatoms. The Balaban J connectivity index is 1.55. The summed E-state index contributed by atoms with van der Waals surface area (Å²) in [5, 5.41) is -1.57. The van der Waals surface area contributed by atoms with Crippen molar-refractivity contribution in [1.82, 2.24) is 4.90 Å². The second-order valence-corrected chi connectivity index (χ2v) is 13.1. The molecule has 1 aliphatic rings. The highest BCUT2D eigenvalue weighted by atomic mass is 32.2. The van der Waals surface area contributed by atoms with Crippen LogP contribution in [0.15, 0.2) is 27.3 Å². The summed E-state index contributed by atoms with van der Waals surface area (Å²) in [6.45, 7) is 8.23. The van der Waals surface area contributed by atoms with Gasteiger partial charge in [-0.25, -0.2) is 19.2 Å². The maximum absolute atomic E-state index is 13.3. The van der Waals surface area contributed by atoms with Crippen molar-refractivity contribution in [2.45, 2.75) is 77.8 Å². The highest BCUT2D eigenvalue weighted by Crippen LogP contribution is 2.31. The van der Waals surface area contributed by atoms with Crippen molar-refractivity contribution in [1.29, 1.82) is 0 Å². The molecule has 0 saturated carbocycles. The molecule has 0 radical (unpaired) electrons. The van der Waals surface area contributed by atoms with Crippen molar-refractivity contribution in [3.05, 3.63) is 44.3 Å². The Bertz CT molecular complexity index is 1400. The highest BCUT2D eigenvalue weighted by molar-refractivity contribution is 8.15. The van der Waals surface area contributed by atoms with Crippen molar-refractivity contribution < 1.29 is 51.1 Å². The first kappa shape index (κ1) is 35.2. The Morgan fingerprint density at radius 2 is 1.41 bits per heavy atom. The molecule has 0 unspecified atom stereocenters. The lowest BCUT2D eigenvalue weighted by molar-refractivity contribution is -0.149. The molecule has 0 aliphatic carbocycles. The van der Waals surface area contributed by atoms with Gasteiger partial charge in [0.2, 0.25) is 0 Å². The molecule has 0 aromatic carbocycles. The van der Waals surface area contributed by atoms with Crippen LogP contribution in [0.3, 0.4) is 0 Å². The molecule has 0 amide bonds. The van der Waals surface area contributed by atoms with Gasteiger partial charge in [0.05, 0.1) is 17.3 Å². The topological polar surface area (TPSA) is 186 Å². The number of carbonyl (C=O) groups is 4. The fourth-order valence-corrected chi connectivity index (χ4v) is 5.67. The van der Waals surface area contributed by atoms with Crippen LogP contribution in [0.5, 0.6) is 0 Å². The lowest BCUT2D eigenvalue weighted by Gasteiger charge is -2.26. The van der Waals surface area contributed by atoms with E-state index in [2.05, 4.69) is 4.90 Å². The van der Waals surface area contributed by atoms with Crippen molar-refractivity contribution >= 4 is 45.9 Å². The predicted octanol–water partition coefficient (Wildman–Crippen LogP) is 4.61. The number of Topliss-reactive ketones (excluding diaryl/α,β-unsaturated/α-hetero) is 1. The molecule has 2 aromatic heterocycles. The van der Waals surface area contributed by atoms with Crippen LogP contribution < -0.4 is 11.6 Å². The van der Waals surface area contributed by atoms with E-state index in [-0.39, 0.29) is 55.0 Å². The molecule has 244 valence electrons. The molecule has 3 heterocycles. The Hall–Kier alpha value is -3.24. The first-order chi connectivity index (χ1) is 20.8. The third-order valence-corrected chi connectivity index (χ3v) is 8.75. The zero-order chi connectivity index (χ0) is 32.3. The summed E-state index contributed by atoms with van der Waals surface area (Å²) >= 11 is 1.27. The van der Waals surface area contributed by atoms with Gasteiger partial charge in [0.1, 0.15) is 5.78 Å². The summed E-state index contributed by atoms with van der Waals surface area (Å²) in [6.07, 6.45) is 3.81. The fraction of sp³-hybridized carbons (Fsp3) is 0.643. The van der Waals surface area contributed by atoms with Crippen molar-refractivity contribution in [3.63, 3.8) is 0 Å². The minimum absolute atomic E-state index is 0.0464. The molecular formula is C28H37NO13S2. The van der Waals surface area contributed by atoms with Gasteiger partial charge in [0.15, 0.2) is 36.3 Å². The van der Waals surface area contributed by atoms with Crippen LogP contribution in [-0.2, 0) is 37.0 Å². The molecule has 1 atom stereocenters. The number of likely N-dealkylation sites (tertiary alicyclic amines) is 1. The molecule has 1 saturated heterocycles. The van der Waals surface area contributed by atoms with Crippen molar-refractivity contribution in [3.8, 4) is 0 Å². The highest BCUT2D eigenvalue weighted by Gasteiger charge is 2.36. The summed E-state index contributed by atoms with van der Waals surface area (Å²) < 4.78 is 33.4. The molecule has 2 aromatic rings. The average molecular weight is 660 g/mol. The minimum atomic E-state index is -1.31. The van der Waals surface area contributed by atoms with E-state index in [4.69, 9.17) is 31.9 Å². The van der Waals surface area contributed by atoms with E-state index in [0.29, 0.717) is 29.9 Å². The minimum Gasteiger partial charge on any atom is -0.465 e. The van der Waals surface area contributed by atoms with Gasteiger partial charge in [-0.3, -0.25) is 9.59 Å². The van der Waals surface area contributed by atoms with Crippen LogP contribution in [0.4, 0.5) is 9.59 Å². The second kappa shape index (κ2) is 16.7. The Kier molecular flexibility index (Phi) is 13.4. The first-order valence-corrected chi connectivity index (χ1v) is 15.9. The van der Waals surface area contributed by atoms with E-state index in [0.717, 1.165) is 32.5 Å². The van der Waals surface area contributed by atoms with E-state index < -0.39 is 44.7 Å². The van der Waals surface area contributed by atoms with Crippen molar-refractivity contribution in [2.24, 2.45) is 5.92 Å². The normalized spacial score (nSPS) is 14.6. The zero-order valence-electron chi connectivity index (χ0n) is 25.1. The Morgan fingerprint density at radius 3 is 1.95 bits per heavy atom. The van der Waals surface area contributed by atoms with E-state index in [1.54, 1.807) is 0 Å². The maximum Gasteiger partial charge on any atom is 0.519 e. The predicted molar refractivity (Wildman–Crippen MR) is 157 cm³/mol. The largest absolute Gasteiger partial charge is 0.519 e. The van der Waals surface area contributed by atoms with Crippen LogP contribution in [0.1, 0.15) is 69.0 Å². The van der Waals surface area contributed by atoms with E-state index in [1.807, 2.05) is 0 Å². The van der Waals surface area contributed by atoms with Crippen LogP contribution >= 0.6 is 23.5 Å². The van der Waals surface area contributed by atoms with Crippen LogP contribution in [-0.4, -0.2) is 64.0 Å². The molecule has 3 rings (SSSR count). The van der Waals surface area contributed by atoms with Crippen LogP contribution in [0.2, 0.25) is 0 Å². The number of nitrogens with zero attached hydrogens (tertiary/aromatic N) is 1. The number of hydrogen-bond acceptors (Lipinski definition) is 16. The molecule has 1 aliphatic heterocycles. The monoisotopic (exact) mass is 659 g/mol. The maximum atomic E-state index is 13.3. The molecule has 14 nitrogen and oxygen atoms in total. The fourth-order valence-electron chi connectivity index (χ4n) is 4.21.